The zero-order chi connectivity index (χ0) is 20.8. The van der Waals surface area contributed by atoms with Crippen molar-refractivity contribution in [3.05, 3.63) is 46.4 Å². The normalized spacial score (nSPS) is 17.6. The van der Waals surface area contributed by atoms with Crippen molar-refractivity contribution in [3.63, 3.8) is 0 Å². The molecule has 0 unspecified atom stereocenters. The molecule has 1 aromatic carbocycles. The van der Waals surface area contributed by atoms with E-state index in [0.29, 0.717) is 27.8 Å². The van der Waals surface area contributed by atoms with Crippen molar-refractivity contribution in [2.45, 2.75) is 25.3 Å². The van der Waals surface area contributed by atoms with E-state index in [1.54, 1.807) is 6.08 Å². The van der Waals surface area contributed by atoms with E-state index in [1.807, 2.05) is 0 Å². The maximum Gasteiger partial charge on any atom is 0.254 e. The third kappa shape index (κ3) is 3.57. The lowest BCUT2D eigenvalue weighted by Gasteiger charge is -2.11. The summed E-state index contributed by atoms with van der Waals surface area (Å²) in [6, 6.07) is 4.41. The van der Waals surface area contributed by atoms with Crippen LogP contribution in [0, 0.1) is 5.82 Å². The van der Waals surface area contributed by atoms with Gasteiger partial charge < -0.3 is 10.6 Å². The first kappa shape index (κ1) is 18.5. The molecule has 3 aromatic rings. The van der Waals surface area contributed by atoms with Crippen LogP contribution in [-0.2, 0) is 9.59 Å². The Labute approximate surface area is 174 Å². The van der Waals surface area contributed by atoms with Crippen molar-refractivity contribution < 1.29 is 14.0 Å². The fourth-order valence-electron chi connectivity index (χ4n) is 3.08. The summed E-state index contributed by atoms with van der Waals surface area (Å²) in [4.78, 5) is 32.2. The third-order valence-electron chi connectivity index (χ3n) is 4.71. The van der Waals surface area contributed by atoms with Gasteiger partial charge >= 0.3 is 0 Å². The molecular formula is C19H15ClFN7O2. The summed E-state index contributed by atoms with van der Waals surface area (Å²) in [5, 5.41) is 13.0. The summed E-state index contributed by atoms with van der Waals surface area (Å²) in [5.74, 6) is -0.726. The number of aromatic nitrogens is 4. The monoisotopic (exact) mass is 427 g/mol. The smallest absolute Gasteiger partial charge is 0.254 e. The molecule has 0 radical (unpaired) electrons. The lowest BCUT2D eigenvalue weighted by atomic mass is 10.1. The van der Waals surface area contributed by atoms with Crippen molar-refractivity contribution >= 4 is 52.7 Å². The maximum atomic E-state index is 14.2. The minimum Gasteiger partial charge on any atom is -0.351 e. The second-order valence-electron chi connectivity index (χ2n) is 7.10. The van der Waals surface area contributed by atoms with E-state index in [9.17, 15) is 14.0 Å². The number of benzene rings is 1. The van der Waals surface area contributed by atoms with E-state index in [-0.39, 0.29) is 30.0 Å². The van der Waals surface area contributed by atoms with Gasteiger partial charge in [0.25, 0.3) is 5.91 Å². The molecule has 1 saturated carbocycles. The van der Waals surface area contributed by atoms with Crippen LogP contribution in [0.25, 0.3) is 11.7 Å². The molecule has 0 spiro atoms. The second-order valence-corrected chi connectivity index (χ2v) is 7.53. The Morgan fingerprint density at radius 2 is 2.10 bits per heavy atom. The SMILES string of the molecule is O=C1C/C(=C\c2cnn3c(NC4CC4)nc(Nc4cc(Cl)ccc4F)nc23)C(=O)N1. The standard InChI is InChI=1S/C19H15ClFN7O2/c20-11-1-4-13(21)14(7-11)24-18-26-16-10(5-9-6-15(29)25-17(9)30)8-22-28(16)19(27-18)23-12-2-3-12/h1,4-5,7-8,12H,2-3,6H2,(H,25,29,30)(H2,23,24,26,27)/b9-5+. The predicted octanol–water partition coefficient (Wildman–Crippen LogP) is 2.66. The van der Waals surface area contributed by atoms with Gasteiger partial charge in [-0.3, -0.25) is 14.9 Å². The molecule has 2 amide bonds. The van der Waals surface area contributed by atoms with Gasteiger partial charge in [0.2, 0.25) is 17.8 Å². The molecule has 3 N–H and O–H groups in total. The van der Waals surface area contributed by atoms with Crippen molar-refractivity contribution in [2.24, 2.45) is 0 Å². The minimum absolute atomic E-state index is 0.00668. The lowest BCUT2D eigenvalue weighted by Crippen LogP contribution is -2.19. The number of rotatable bonds is 5. The van der Waals surface area contributed by atoms with Crippen LogP contribution >= 0.6 is 11.6 Å². The van der Waals surface area contributed by atoms with E-state index in [2.05, 4.69) is 31.0 Å². The van der Waals surface area contributed by atoms with Crippen LogP contribution in [0.3, 0.4) is 0 Å². The molecule has 1 aliphatic heterocycles. The Morgan fingerprint density at radius 1 is 1.27 bits per heavy atom. The fourth-order valence-corrected chi connectivity index (χ4v) is 3.25. The molecule has 2 aliphatic rings. The van der Waals surface area contributed by atoms with Crippen molar-refractivity contribution in [1.82, 2.24) is 24.9 Å². The highest BCUT2D eigenvalue weighted by atomic mass is 35.5. The topological polar surface area (TPSA) is 113 Å². The molecule has 1 saturated heterocycles. The number of fused-ring (bicyclic) bond motifs is 1. The Kier molecular flexibility index (Phi) is 4.35. The fraction of sp³-hybridized carbons (Fsp3) is 0.211. The first-order valence-corrected chi connectivity index (χ1v) is 9.63. The number of hydrogen-bond acceptors (Lipinski definition) is 7. The number of carbonyl (C=O) groups excluding carboxylic acids is 2. The second kappa shape index (κ2) is 7.06. The number of halogens is 2. The van der Waals surface area contributed by atoms with Crippen molar-refractivity contribution in [1.29, 1.82) is 0 Å². The van der Waals surface area contributed by atoms with Crippen LogP contribution in [0.15, 0.2) is 30.0 Å². The molecule has 152 valence electrons. The molecule has 9 nitrogen and oxygen atoms in total. The first-order valence-electron chi connectivity index (χ1n) is 9.25. The Morgan fingerprint density at radius 3 is 2.83 bits per heavy atom. The summed E-state index contributed by atoms with van der Waals surface area (Å²) in [7, 11) is 0. The summed E-state index contributed by atoms with van der Waals surface area (Å²) in [6.07, 6.45) is 5.12. The minimum atomic E-state index is -0.503. The van der Waals surface area contributed by atoms with Gasteiger partial charge in [-0.1, -0.05) is 11.6 Å². The highest BCUT2D eigenvalue weighted by Gasteiger charge is 2.26. The van der Waals surface area contributed by atoms with Crippen LogP contribution < -0.4 is 16.0 Å². The largest absolute Gasteiger partial charge is 0.351 e. The quantitative estimate of drug-likeness (QED) is 0.423. The molecule has 0 bridgehead atoms. The summed E-state index contributed by atoms with van der Waals surface area (Å²) < 4.78 is 15.7. The highest BCUT2D eigenvalue weighted by Crippen LogP contribution is 2.28. The molecule has 2 aromatic heterocycles. The van der Waals surface area contributed by atoms with Gasteiger partial charge in [-0.05, 0) is 37.1 Å². The Hall–Kier alpha value is -3.53. The van der Waals surface area contributed by atoms with Crippen LogP contribution in [0.4, 0.5) is 22.0 Å². The molecular weight excluding hydrogens is 413 g/mol. The zero-order valence-electron chi connectivity index (χ0n) is 15.4. The lowest BCUT2D eigenvalue weighted by molar-refractivity contribution is -0.124. The van der Waals surface area contributed by atoms with Crippen molar-refractivity contribution in [3.8, 4) is 0 Å². The van der Waals surface area contributed by atoms with Crippen LogP contribution in [0.2, 0.25) is 5.02 Å². The number of hydrogen-bond donors (Lipinski definition) is 3. The molecule has 2 fully saturated rings. The van der Waals surface area contributed by atoms with Gasteiger partial charge in [0, 0.05) is 22.2 Å². The Bertz CT molecular complexity index is 1240. The van der Waals surface area contributed by atoms with E-state index in [4.69, 9.17) is 11.6 Å². The summed E-state index contributed by atoms with van der Waals surface area (Å²) in [6.45, 7) is 0. The van der Waals surface area contributed by atoms with Gasteiger partial charge in [-0.2, -0.15) is 19.6 Å². The first-order chi connectivity index (χ1) is 14.5. The van der Waals surface area contributed by atoms with E-state index in [0.717, 1.165) is 12.8 Å². The van der Waals surface area contributed by atoms with Crippen LogP contribution in [-0.4, -0.2) is 37.4 Å². The Balaban J connectivity index is 1.59. The number of nitrogens with zero attached hydrogens (tertiary/aromatic N) is 4. The average Bonchev–Trinajstić information content (AvgIpc) is 3.34. The van der Waals surface area contributed by atoms with Gasteiger partial charge in [-0.15, -0.1) is 0 Å². The molecule has 1 aliphatic carbocycles. The van der Waals surface area contributed by atoms with Gasteiger partial charge in [0.15, 0.2) is 5.65 Å². The van der Waals surface area contributed by atoms with Gasteiger partial charge in [0.1, 0.15) is 5.82 Å². The van der Waals surface area contributed by atoms with Gasteiger partial charge in [0.05, 0.1) is 18.3 Å². The number of nitrogens with one attached hydrogen (secondary N) is 3. The molecule has 0 atom stereocenters. The zero-order valence-corrected chi connectivity index (χ0v) is 16.2. The average molecular weight is 428 g/mol. The summed E-state index contributed by atoms with van der Waals surface area (Å²) in [5.41, 5.74) is 1.38. The van der Waals surface area contributed by atoms with Crippen molar-refractivity contribution in [2.75, 3.05) is 10.6 Å². The maximum absolute atomic E-state index is 14.2. The van der Waals surface area contributed by atoms with Crippen LogP contribution in [0.5, 0.6) is 0 Å². The predicted molar refractivity (Wildman–Crippen MR) is 108 cm³/mol. The highest BCUT2D eigenvalue weighted by molar-refractivity contribution is 6.30. The summed E-state index contributed by atoms with van der Waals surface area (Å²) >= 11 is 5.97. The van der Waals surface area contributed by atoms with Gasteiger partial charge in [-0.25, -0.2) is 4.39 Å². The van der Waals surface area contributed by atoms with Crippen LogP contribution in [0.1, 0.15) is 24.8 Å². The number of imide groups is 1. The molecule has 3 heterocycles. The number of amides is 2. The molecule has 11 heteroatoms. The molecule has 30 heavy (non-hydrogen) atoms. The number of carbonyl (C=O) groups is 2. The number of anilines is 3. The van der Waals surface area contributed by atoms with E-state index < -0.39 is 11.7 Å². The molecule has 5 rings (SSSR count). The van der Waals surface area contributed by atoms with E-state index in [1.165, 1.54) is 28.9 Å². The van der Waals surface area contributed by atoms with E-state index >= 15 is 0 Å². The third-order valence-corrected chi connectivity index (χ3v) is 4.94.